The number of para-hydroxylation sites is 1. The zero-order valence-electron chi connectivity index (χ0n) is 17.2. The van der Waals surface area contributed by atoms with Crippen LogP contribution in [-0.2, 0) is 11.3 Å². The molecule has 0 fully saturated rings. The monoisotopic (exact) mass is 498 g/mol. The molecule has 0 spiro atoms. The van der Waals surface area contributed by atoms with Crippen molar-refractivity contribution in [2.45, 2.75) is 34.2 Å². The van der Waals surface area contributed by atoms with Crippen LogP contribution in [0.25, 0.3) is 5.69 Å². The summed E-state index contributed by atoms with van der Waals surface area (Å²) >= 11 is 0. The molecule has 154 valence electrons. The topological polar surface area (TPSA) is 83.3 Å². The van der Waals surface area contributed by atoms with E-state index in [1.807, 2.05) is 37.6 Å². The average molecular weight is 498 g/mol. The van der Waals surface area contributed by atoms with Crippen molar-refractivity contribution in [2.75, 3.05) is 20.1 Å². The van der Waals surface area contributed by atoms with Crippen LogP contribution in [0.15, 0.2) is 35.3 Å². The highest BCUT2D eigenvalue weighted by molar-refractivity contribution is 14.0. The first-order valence-corrected chi connectivity index (χ1v) is 9.26. The Bertz CT molecular complexity index is 800. The highest BCUT2D eigenvalue weighted by Crippen LogP contribution is 2.16. The molecule has 8 heteroatoms. The van der Waals surface area contributed by atoms with Crippen molar-refractivity contribution in [1.82, 2.24) is 25.7 Å². The molecule has 0 radical (unpaired) electrons. The first-order valence-electron chi connectivity index (χ1n) is 9.26. The molecule has 1 aromatic heterocycles. The molecule has 2 aromatic rings. The number of benzene rings is 1. The van der Waals surface area contributed by atoms with Gasteiger partial charge in [0.25, 0.3) is 0 Å². The lowest BCUT2D eigenvalue weighted by Gasteiger charge is -2.15. The van der Waals surface area contributed by atoms with E-state index in [9.17, 15) is 4.79 Å². The molecule has 3 N–H and O–H groups in total. The average Bonchev–Trinajstić information content (AvgIpc) is 2.99. The molecule has 7 nitrogen and oxygen atoms in total. The van der Waals surface area contributed by atoms with Crippen LogP contribution in [0.1, 0.15) is 30.8 Å². The molecule has 0 unspecified atom stereocenters. The Morgan fingerprint density at radius 2 is 1.82 bits per heavy atom. The number of rotatable bonds is 7. The van der Waals surface area contributed by atoms with E-state index in [1.165, 1.54) is 0 Å². The number of hydrogen-bond donors (Lipinski definition) is 3. The Balaban J connectivity index is 0.00000392. The summed E-state index contributed by atoms with van der Waals surface area (Å²) in [4.78, 5) is 15.8. The lowest BCUT2D eigenvalue weighted by atomic mass is 10.1. The highest BCUT2D eigenvalue weighted by atomic mass is 127. The molecule has 0 saturated heterocycles. The maximum absolute atomic E-state index is 11.6. The number of guanidine groups is 1. The van der Waals surface area contributed by atoms with Crippen molar-refractivity contribution in [3.8, 4) is 5.69 Å². The van der Waals surface area contributed by atoms with E-state index >= 15 is 0 Å². The number of nitrogens with one attached hydrogen (secondary N) is 3. The van der Waals surface area contributed by atoms with Gasteiger partial charge in [0.05, 0.1) is 11.4 Å². The molecular formula is C20H31IN6O. The minimum Gasteiger partial charge on any atom is -0.355 e. The summed E-state index contributed by atoms with van der Waals surface area (Å²) in [5.41, 5.74) is 4.27. The second-order valence-electron chi connectivity index (χ2n) is 6.77. The third kappa shape index (κ3) is 6.81. The predicted octanol–water partition coefficient (Wildman–Crippen LogP) is 2.54. The van der Waals surface area contributed by atoms with Crippen LogP contribution in [-0.4, -0.2) is 41.8 Å². The largest absolute Gasteiger partial charge is 0.355 e. The van der Waals surface area contributed by atoms with Gasteiger partial charge in [0.1, 0.15) is 0 Å². The maximum Gasteiger partial charge on any atom is 0.222 e. The summed E-state index contributed by atoms with van der Waals surface area (Å²) in [6.07, 6.45) is 0. The van der Waals surface area contributed by atoms with Crippen molar-refractivity contribution in [3.05, 3.63) is 47.3 Å². The molecular weight excluding hydrogens is 467 g/mol. The molecule has 0 aliphatic heterocycles. The van der Waals surface area contributed by atoms with E-state index in [1.54, 1.807) is 7.05 Å². The van der Waals surface area contributed by atoms with Gasteiger partial charge < -0.3 is 16.0 Å². The lowest BCUT2D eigenvalue weighted by Crippen LogP contribution is -2.41. The van der Waals surface area contributed by atoms with Crippen LogP contribution in [0.5, 0.6) is 0 Å². The minimum absolute atomic E-state index is 0. The van der Waals surface area contributed by atoms with Gasteiger partial charge in [-0.3, -0.25) is 9.79 Å². The fourth-order valence-corrected chi connectivity index (χ4v) is 2.71. The van der Waals surface area contributed by atoms with E-state index in [0.717, 1.165) is 22.6 Å². The smallest absolute Gasteiger partial charge is 0.222 e. The van der Waals surface area contributed by atoms with E-state index in [-0.39, 0.29) is 35.8 Å². The summed E-state index contributed by atoms with van der Waals surface area (Å²) in [7, 11) is 1.73. The van der Waals surface area contributed by atoms with Gasteiger partial charge in [-0.15, -0.1) is 24.0 Å². The number of carbonyl (C=O) groups excluding carboxylic acids is 1. The lowest BCUT2D eigenvalue weighted by molar-refractivity contribution is -0.123. The number of aromatic nitrogens is 2. The number of aryl methyl sites for hydroxylation is 2. The van der Waals surface area contributed by atoms with E-state index < -0.39 is 0 Å². The molecule has 0 saturated carbocycles. The van der Waals surface area contributed by atoms with Gasteiger partial charge in [-0.25, -0.2) is 4.68 Å². The van der Waals surface area contributed by atoms with Crippen LogP contribution in [0.2, 0.25) is 0 Å². The predicted molar refractivity (Wildman–Crippen MR) is 125 cm³/mol. The molecule has 1 aromatic carbocycles. The Hall–Kier alpha value is -2.10. The number of aliphatic imine (C=N–C) groups is 1. The summed E-state index contributed by atoms with van der Waals surface area (Å²) < 4.78 is 1.96. The van der Waals surface area contributed by atoms with Gasteiger partial charge in [-0.05, 0) is 31.5 Å². The highest BCUT2D eigenvalue weighted by Gasteiger charge is 2.09. The second-order valence-corrected chi connectivity index (χ2v) is 6.77. The Morgan fingerprint density at radius 1 is 1.14 bits per heavy atom. The summed E-state index contributed by atoms with van der Waals surface area (Å²) in [6.45, 7) is 9.58. The molecule has 0 aliphatic rings. The first kappa shape index (κ1) is 23.9. The number of nitrogens with zero attached hydrogens (tertiary/aromatic N) is 3. The van der Waals surface area contributed by atoms with Crippen molar-refractivity contribution in [3.63, 3.8) is 0 Å². The van der Waals surface area contributed by atoms with Crippen molar-refractivity contribution in [1.29, 1.82) is 0 Å². The van der Waals surface area contributed by atoms with Gasteiger partial charge in [0.2, 0.25) is 5.91 Å². The fourth-order valence-electron chi connectivity index (χ4n) is 2.71. The Labute approximate surface area is 184 Å². The minimum atomic E-state index is -0.00618. The number of amides is 1. The van der Waals surface area contributed by atoms with E-state index in [2.05, 4.69) is 51.2 Å². The van der Waals surface area contributed by atoms with E-state index in [0.29, 0.717) is 25.6 Å². The molecule has 1 heterocycles. The zero-order valence-corrected chi connectivity index (χ0v) is 19.6. The van der Waals surface area contributed by atoms with Crippen LogP contribution < -0.4 is 16.0 Å². The van der Waals surface area contributed by atoms with Crippen molar-refractivity contribution < 1.29 is 4.79 Å². The Morgan fingerprint density at radius 3 is 2.43 bits per heavy atom. The van der Waals surface area contributed by atoms with Gasteiger partial charge >= 0.3 is 0 Å². The molecule has 0 aliphatic carbocycles. The van der Waals surface area contributed by atoms with Gasteiger partial charge in [0, 0.05) is 38.3 Å². The van der Waals surface area contributed by atoms with Crippen LogP contribution in [0, 0.1) is 19.8 Å². The van der Waals surface area contributed by atoms with Gasteiger partial charge in [-0.1, -0.05) is 32.0 Å². The molecule has 2 rings (SSSR count). The van der Waals surface area contributed by atoms with Gasteiger partial charge in [0.15, 0.2) is 5.96 Å². The van der Waals surface area contributed by atoms with Crippen molar-refractivity contribution in [2.24, 2.45) is 10.9 Å². The van der Waals surface area contributed by atoms with Crippen LogP contribution in [0.4, 0.5) is 0 Å². The quantitative estimate of drug-likeness (QED) is 0.237. The summed E-state index contributed by atoms with van der Waals surface area (Å²) in [5, 5.41) is 14.0. The maximum atomic E-state index is 11.6. The first-order chi connectivity index (χ1) is 12.9. The Kier molecular flexibility index (Phi) is 9.98. The number of halogens is 1. The third-order valence-electron chi connectivity index (χ3n) is 4.14. The molecule has 0 bridgehead atoms. The fraction of sp³-hybridized carbons (Fsp3) is 0.450. The van der Waals surface area contributed by atoms with Crippen LogP contribution >= 0.6 is 24.0 Å². The third-order valence-corrected chi connectivity index (χ3v) is 4.14. The summed E-state index contributed by atoms with van der Waals surface area (Å²) in [5.74, 6) is 0.740. The normalized spacial score (nSPS) is 11.1. The standard InChI is InChI=1S/C20H30N6O.HI/c1-14(2)19(27)22-10-11-23-20(21-5)24-13-17-8-6-7-9-18(17)26-16(4)12-15(3)25-26;/h6-9,12,14H,10-11,13H2,1-5H3,(H,22,27)(H2,21,23,24);1H. The molecule has 0 atom stereocenters. The van der Waals surface area contributed by atoms with Crippen LogP contribution in [0.3, 0.4) is 0 Å². The molecule has 28 heavy (non-hydrogen) atoms. The zero-order chi connectivity index (χ0) is 19.8. The molecule has 1 amide bonds. The summed E-state index contributed by atoms with van der Waals surface area (Å²) in [6, 6.07) is 10.2. The van der Waals surface area contributed by atoms with Crippen molar-refractivity contribution >= 4 is 35.8 Å². The van der Waals surface area contributed by atoms with E-state index in [4.69, 9.17) is 0 Å². The number of hydrogen-bond acceptors (Lipinski definition) is 3. The number of carbonyl (C=O) groups is 1. The van der Waals surface area contributed by atoms with Gasteiger partial charge in [-0.2, -0.15) is 5.10 Å². The SMILES string of the molecule is CN=C(NCCNC(=O)C(C)C)NCc1ccccc1-n1nc(C)cc1C.I. The second kappa shape index (κ2) is 11.7.